The molecule has 1 heterocycles. The van der Waals surface area contributed by atoms with Crippen molar-refractivity contribution in [2.75, 3.05) is 7.11 Å². The summed E-state index contributed by atoms with van der Waals surface area (Å²) in [6.07, 6.45) is 0. The summed E-state index contributed by atoms with van der Waals surface area (Å²) in [6, 6.07) is 15.0. The van der Waals surface area contributed by atoms with Crippen LogP contribution in [0, 0.1) is 19.7 Å². The number of halogens is 1. The summed E-state index contributed by atoms with van der Waals surface area (Å²) in [6.45, 7) is 3.72. The Kier molecular flexibility index (Phi) is 5.44. The number of aromatic nitrogens is 1. The van der Waals surface area contributed by atoms with E-state index in [1.54, 1.807) is 6.07 Å². The average Bonchev–Trinajstić information content (AvgIpc) is 3.00. The summed E-state index contributed by atoms with van der Waals surface area (Å²) in [7, 11) is 1.38. The summed E-state index contributed by atoms with van der Waals surface area (Å²) in [5.41, 5.74) is 7.63. The van der Waals surface area contributed by atoms with Gasteiger partial charge in [-0.05, 0) is 50.2 Å². The molecule has 0 aliphatic carbocycles. The molecule has 2 N–H and O–H groups in total. The highest BCUT2D eigenvalue weighted by atomic mass is 19.1. The predicted octanol–water partition coefficient (Wildman–Crippen LogP) is 3.32. The predicted molar refractivity (Wildman–Crippen MR) is 103 cm³/mol. The van der Waals surface area contributed by atoms with E-state index in [2.05, 4.69) is 10.9 Å². The topological polar surface area (TPSA) is 72.4 Å². The maximum absolute atomic E-state index is 13.4. The number of amides is 2. The Morgan fingerprint density at radius 2 is 1.57 bits per heavy atom. The Hall–Kier alpha value is -3.61. The molecular formula is C21H20FN3O3. The van der Waals surface area contributed by atoms with Crippen molar-refractivity contribution >= 4 is 11.8 Å². The molecule has 0 saturated heterocycles. The van der Waals surface area contributed by atoms with E-state index in [0.717, 1.165) is 23.1 Å². The van der Waals surface area contributed by atoms with Crippen LogP contribution in [0.15, 0.2) is 54.6 Å². The zero-order chi connectivity index (χ0) is 20.3. The van der Waals surface area contributed by atoms with E-state index in [0.29, 0.717) is 5.56 Å². The zero-order valence-corrected chi connectivity index (χ0v) is 15.7. The van der Waals surface area contributed by atoms with E-state index in [9.17, 15) is 14.0 Å². The van der Waals surface area contributed by atoms with Crippen molar-refractivity contribution in [1.82, 2.24) is 15.4 Å². The van der Waals surface area contributed by atoms with Crippen LogP contribution < -0.4 is 15.6 Å². The summed E-state index contributed by atoms with van der Waals surface area (Å²) in [4.78, 5) is 24.9. The van der Waals surface area contributed by atoms with Crippen LogP contribution >= 0.6 is 0 Å². The summed E-state index contributed by atoms with van der Waals surface area (Å²) < 4.78 is 20.5. The minimum atomic E-state index is -0.679. The highest BCUT2D eigenvalue weighted by Crippen LogP contribution is 2.21. The molecule has 3 aromatic rings. The molecule has 7 heteroatoms. The lowest BCUT2D eigenvalue weighted by Gasteiger charge is -2.11. The number of methoxy groups -OCH3 is 1. The van der Waals surface area contributed by atoms with Gasteiger partial charge in [-0.15, -0.1) is 0 Å². The van der Waals surface area contributed by atoms with Crippen LogP contribution in [0.25, 0.3) is 5.69 Å². The molecule has 1 aromatic heterocycles. The van der Waals surface area contributed by atoms with Gasteiger partial charge >= 0.3 is 0 Å². The van der Waals surface area contributed by atoms with E-state index in [4.69, 9.17) is 4.74 Å². The first-order chi connectivity index (χ1) is 13.4. The maximum atomic E-state index is 13.4. The van der Waals surface area contributed by atoms with Gasteiger partial charge in [0.2, 0.25) is 0 Å². The zero-order valence-electron chi connectivity index (χ0n) is 15.7. The van der Waals surface area contributed by atoms with Crippen molar-refractivity contribution in [2.24, 2.45) is 0 Å². The Morgan fingerprint density at radius 3 is 2.21 bits per heavy atom. The van der Waals surface area contributed by atoms with E-state index in [-0.39, 0.29) is 11.3 Å². The van der Waals surface area contributed by atoms with Crippen molar-refractivity contribution < 1.29 is 18.7 Å². The number of rotatable bonds is 4. The van der Waals surface area contributed by atoms with Crippen molar-refractivity contribution in [3.63, 3.8) is 0 Å². The number of hydrogen-bond acceptors (Lipinski definition) is 3. The molecule has 3 rings (SSSR count). The quantitative estimate of drug-likeness (QED) is 0.681. The number of carbonyl (C=O) groups is 2. The smallest absolute Gasteiger partial charge is 0.273 e. The lowest BCUT2D eigenvalue weighted by atomic mass is 10.2. The largest absolute Gasteiger partial charge is 0.496 e. The standard InChI is InChI=1S/C21H20FN3O3/c1-13-11-17(14(2)25(13)16-7-5-4-6-8-16)20(26)23-24-21(27)18-12-15(22)9-10-19(18)28-3/h4-12H,1-3H3,(H,23,26)(H,24,27). The number of ether oxygens (including phenoxy) is 1. The van der Waals surface area contributed by atoms with Gasteiger partial charge < -0.3 is 9.30 Å². The van der Waals surface area contributed by atoms with Gasteiger partial charge in [0.25, 0.3) is 11.8 Å². The normalized spacial score (nSPS) is 10.4. The van der Waals surface area contributed by atoms with E-state index >= 15 is 0 Å². The second-order valence-electron chi connectivity index (χ2n) is 6.21. The molecule has 0 aliphatic rings. The molecular weight excluding hydrogens is 361 g/mol. The molecule has 0 saturated carbocycles. The number of hydrazine groups is 1. The Balaban J connectivity index is 1.78. The summed E-state index contributed by atoms with van der Waals surface area (Å²) in [5.74, 6) is -1.53. The first-order valence-electron chi connectivity index (χ1n) is 8.61. The molecule has 0 spiro atoms. The van der Waals surface area contributed by atoms with Crippen LogP contribution in [-0.4, -0.2) is 23.5 Å². The van der Waals surface area contributed by atoms with Gasteiger partial charge in [-0.25, -0.2) is 4.39 Å². The third kappa shape index (κ3) is 3.73. The molecule has 0 bridgehead atoms. The molecule has 2 amide bonds. The molecule has 28 heavy (non-hydrogen) atoms. The number of para-hydroxylation sites is 1. The maximum Gasteiger partial charge on any atom is 0.273 e. The van der Waals surface area contributed by atoms with Crippen LogP contribution in [0.4, 0.5) is 4.39 Å². The highest BCUT2D eigenvalue weighted by Gasteiger charge is 2.19. The number of hydrogen-bond donors (Lipinski definition) is 2. The van der Waals surface area contributed by atoms with E-state index < -0.39 is 17.6 Å². The number of benzene rings is 2. The first kappa shape index (κ1) is 19.2. The molecule has 0 aliphatic heterocycles. The monoisotopic (exact) mass is 381 g/mol. The fraction of sp³-hybridized carbons (Fsp3) is 0.143. The Bertz CT molecular complexity index is 1030. The minimum Gasteiger partial charge on any atom is -0.496 e. The van der Waals surface area contributed by atoms with Gasteiger partial charge in [0.15, 0.2) is 0 Å². The average molecular weight is 381 g/mol. The minimum absolute atomic E-state index is 0.0161. The Labute approximate surface area is 161 Å². The van der Waals surface area contributed by atoms with Crippen LogP contribution in [0.1, 0.15) is 32.1 Å². The van der Waals surface area contributed by atoms with E-state index in [1.807, 2.05) is 48.7 Å². The van der Waals surface area contributed by atoms with E-state index in [1.165, 1.54) is 19.2 Å². The molecule has 0 radical (unpaired) electrons. The van der Waals surface area contributed by atoms with Crippen molar-refractivity contribution in [3.8, 4) is 11.4 Å². The molecule has 6 nitrogen and oxygen atoms in total. The van der Waals surface area contributed by atoms with Crippen LogP contribution in [0.2, 0.25) is 0 Å². The molecule has 2 aromatic carbocycles. The van der Waals surface area contributed by atoms with Gasteiger partial charge in [-0.2, -0.15) is 0 Å². The fourth-order valence-corrected chi connectivity index (χ4v) is 3.07. The molecule has 144 valence electrons. The molecule has 0 fully saturated rings. The van der Waals surface area contributed by atoms with Crippen molar-refractivity contribution in [3.05, 3.63) is 82.9 Å². The number of nitrogens with one attached hydrogen (secondary N) is 2. The fourth-order valence-electron chi connectivity index (χ4n) is 3.07. The third-order valence-corrected chi connectivity index (χ3v) is 4.39. The number of nitrogens with zero attached hydrogens (tertiary/aromatic N) is 1. The summed E-state index contributed by atoms with van der Waals surface area (Å²) in [5, 5.41) is 0. The first-order valence-corrected chi connectivity index (χ1v) is 8.61. The SMILES string of the molecule is COc1ccc(F)cc1C(=O)NNC(=O)c1cc(C)n(-c2ccccc2)c1C. The van der Waals surface area contributed by atoms with Gasteiger partial charge in [0, 0.05) is 17.1 Å². The second kappa shape index (κ2) is 7.96. The van der Waals surface area contributed by atoms with Gasteiger partial charge in [0.05, 0.1) is 18.2 Å². The van der Waals surface area contributed by atoms with Crippen molar-refractivity contribution in [1.29, 1.82) is 0 Å². The highest BCUT2D eigenvalue weighted by molar-refractivity contribution is 6.01. The lowest BCUT2D eigenvalue weighted by Crippen LogP contribution is -2.42. The number of aryl methyl sites for hydroxylation is 1. The third-order valence-electron chi connectivity index (χ3n) is 4.39. The lowest BCUT2D eigenvalue weighted by molar-refractivity contribution is 0.0844. The van der Waals surface area contributed by atoms with Crippen molar-refractivity contribution in [2.45, 2.75) is 13.8 Å². The van der Waals surface area contributed by atoms with Gasteiger partial charge in [-0.1, -0.05) is 18.2 Å². The molecule has 0 atom stereocenters. The van der Waals surface area contributed by atoms with Crippen LogP contribution in [-0.2, 0) is 0 Å². The van der Waals surface area contributed by atoms with Crippen LogP contribution in [0.5, 0.6) is 5.75 Å². The Morgan fingerprint density at radius 1 is 0.929 bits per heavy atom. The number of carbonyl (C=O) groups excluding carboxylic acids is 2. The summed E-state index contributed by atoms with van der Waals surface area (Å²) >= 11 is 0. The van der Waals surface area contributed by atoms with Gasteiger partial charge in [-0.3, -0.25) is 20.4 Å². The second-order valence-corrected chi connectivity index (χ2v) is 6.21. The van der Waals surface area contributed by atoms with Gasteiger partial charge in [0.1, 0.15) is 11.6 Å². The molecule has 0 unspecified atom stereocenters. The van der Waals surface area contributed by atoms with Crippen LogP contribution in [0.3, 0.4) is 0 Å².